The number of aromatic nitrogens is 1. The minimum absolute atomic E-state index is 0.0203. The third-order valence-electron chi connectivity index (χ3n) is 2.42. The van der Waals surface area contributed by atoms with Crippen LogP contribution in [0.5, 0.6) is 0 Å². The highest BCUT2D eigenvalue weighted by atomic mass is 79.9. The number of rotatable bonds is 3. The van der Waals surface area contributed by atoms with Crippen LogP contribution in [-0.4, -0.2) is 16.1 Å². The minimum atomic E-state index is -0.777. The summed E-state index contributed by atoms with van der Waals surface area (Å²) < 4.78 is 0.761. The molecule has 1 aromatic rings. The van der Waals surface area contributed by atoms with Crippen molar-refractivity contribution in [1.29, 1.82) is 0 Å². The Kier molecular flexibility index (Phi) is 3.63. The lowest BCUT2D eigenvalue weighted by Gasteiger charge is -2.15. The van der Waals surface area contributed by atoms with Gasteiger partial charge in [0.25, 0.3) is 0 Å². The lowest BCUT2D eigenvalue weighted by molar-refractivity contribution is -0.141. The number of hydrogen-bond acceptors (Lipinski definition) is 2. The molecule has 0 aliphatic rings. The first-order valence-electron chi connectivity index (χ1n) is 4.36. The standard InChI is InChI=1S/C10H12BrNO2/c1-6(7(2)10(13)14)8-3-4-9(11)12-5-8/h3-7H,1-2H3,(H,13,14). The third kappa shape index (κ3) is 2.54. The molecule has 1 heterocycles. The van der Waals surface area contributed by atoms with Gasteiger partial charge < -0.3 is 5.11 Å². The summed E-state index contributed by atoms with van der Waals surface area (Å²) in [4.78, 5) is 14.8. The number of carbonyl (C=O) groups is 1. The molecule has 4 heteroatoms. The summed E-state index contributed by atoms with van der Waals surface area (Å²) in [6, 6.07) is 3.71. The molecule has 14 heavy (non-hydrogen) atoms. The molecule has 2 atom stereocenters. The summed E-state index contributed by atoms with van der Waals surface area (Å²) in [5, 5.41) is 8.84. The molecule has 0 amide bonds. The number of carboxylic acids is 1. The lowest BCUT2D eigenvalue weighted by Crippen LogP contribution is -2.16. The smallest absolute Gasteiger partial charge is 0.306 e. The number of pyridine rings is 1. The van der Waals surface area contributed by atoms with Crippen molar-refractivity contribution in [2.24, 2.45) is 5.92 Å². The van der Waals surface area contributed by atoms with Gasteiger partial charge in [0.1, 0.15) is 4.60 Å². The Labute approximate surface area is 91.3 Å². The Morgan fingerprint density at radius 3 is 2.57 bits per heavy atom. The molecule has 76 valence electrons. The third-order valence-corrected chi connectivity index (χ3v) is 2.88. The number of carboxylic acid groups (broad SMARTS) is 1. The largest absolute Gasteiger partial charge is 0.481 e. The highest BCUT2D eigenvalue weighted by Crippen LogP contribution is 2.24. The molecule has 2 unspecified atom stereocenters. The highest BCUT2D eigenvalue weighted by Gasteiger charge is 2.20. The van der Waals surface area contributed by atoms with Gasteiger partial charge in [-0.2, -0.15) is 0 Å². The van der Waals surface area contributed by atoms with Crippen molar-refractivity contribution >= 4 is 21.9 Å². The molecule has 0 saturated heterocycles. The number of aliphatic carboxylic acids is 1. The van der Waals surface area contributed by atoms with E-state index in [1.807, 2.05) is 19.1 Å². The fourth-order valence-corrected chi connectivity index (χ4v) is 1.39. The predicted molar refractivity (Wildman–Crippen MR) is 57.2 cm³/mol. The van der Waals surface area contributed by atoms with Crippen molar-refractivity contribution in [3.05, 3.63) is 28.5 Å². The maximum absolute atomic E-state index is 10.8. The van der Waals surface area contributed by atoms with Gasteiger partial charge >= 0.3 is 5.97 Å². The van der Waals surface area contributed by atoms with E-state index in [1.165, 1.54) is 0 Å². The molecule has 0 aromatic carbocycles. The van der Waals surface area contributed by atoms with Gasteiger partial charge in [0.2, 0.25) is 0 Å². The van der Waals surface area contributed by atoms with E-state index < -0.39 is 11.9 Å². The van der Waals surface area contributed by atoms with Crippen LogP contribution in [0.4, 0.5) is 0 Å². The maximum Gasteiger partial charge on any atom is 0.306 e. The van der Waals surface area contributed by atoms with E-state index in [0.717, 1.165) is 10.2 Å². The Balaban J connectivity index is 2.84. The molecular weight excluding hydrogens is 246 g/mol. The average molecular weight is 258 g/mol. The van der Waals surface area contributed by atoms with Gasteiger partial charge in [0, 0.05) is 6.20 Å². The molecule has 0 bridgehead atoms. The van der Waals surface area contributed by atoms with E-state index >= 15 is 0 Å². The number of hydrogen-bond donors (Lipinski definition) is 1. The first-order chi connectivity index (χ1) is 6.52. The van der Waals surface area contributed by atoms with Crippen LogP contribution in [0.3, 0.4) is 0 Å². The summed E-state index contributed by atoms with van der Waals surface area (Å²) in [5.74, 6) is -1.19. The predicted octanol–water partition coefficient (Wildman–Crippen LogP) is 2.67. The molecule has 1 N–H and O–H groups in total. The van der Waals surface area contributed by atoms with E-state index in [4.69, 9.17) is 5.11 Å². The summed E-state index contributed by atoms with van der Waals surface area (Å²) in [7, 11) is 0. The molecule has 0 radical (unpaired) electrons. The van der Waals surface area contributed by atoms with E-state index in [9.17, 15) is 4.79 Å². The van der Waals surface area contributed by atoms with Crippen molar-refractivity contribution in [1.82, 2.24) is 4.98 Å². The van der Waals surface area contributed by atoms with E-state index in [-0.39, 0.29) is 5.92 Å². The van der Waals surface area contributed by atoms with Crippen LogP contribution in [0.15, 0.2) is 22.9 Å². The zero-order valence-electron chi connectivity index (χ0n) is 8.07. The van der Waals surface area contributed by atoms with Crippen molar-refractivity contribution < 1.29 is 9.90 Å². The maximum atomic E-state index is 10.8. The molecule has 0 spiro atoms. The van der Waals surface area contributed by atoms with Crippen LogP contribution < -0.4 is 0 Å². The summed E-state index contributed by atoms with van der Waals surface area (Å²) in [6.45, 7) is 3.60. The highest BCUT2D eigenvalue weighted by molar-refractivity contribution is 9.10. The number of nitrogens with zero attached hydrogens (tertiary/aromatic N) is 1. The van der Waals surface area contributed by atoms with E-state index in [1.54, 1.807) is 13.1 Å². The summed E-state index contributed by atoms with van der Waals surface area (Å²) >= 11 is 3.23. The fraction of sp³-hybridized carbons (Fsp3) is 0.400. The molecule has 3 nitrogen and oxygen atoms in total. The second-order valence-electron chi connectivity index (χ2n) is 3.33. The van der Waals surface area contributed by atoms with Gasteiger partial charge in [-0.15, -0.1) is 0 Å². The first kappa shape index (κ1) is 11.2. The molecular formula is C10H12BrNO2. The zero-order chi connectivity index (χ0) is 10.7. The van der Waals surface area contributed by atoms with Crippen LogP contribution >= 0.6 is 15.9 Å². The van der Waals surface area contributed by atoms with Gasteiger partial charge in [0.05, 0.1) is 5.92 Å². The van der Waals surface area contributed by atoms with Crippen LogP contribution in [-0.2, 0) is 4.79 Å². The van der Waals surface area contributed by atoms with Gasteiger partial charge in [-0.3, -0.25) is 4.79 Å². The van der Waals surface area contributed by atoms with Crippen molar-refractivity contribution in [3.63, 3.8) is 0 Å². The molecule has 0 fully saturated rings. The lowest BCUT2D eigenvalue weighted by atomic mass is 9.90. The normalized spacial score (nSPS) is 14.8. The van der Waals surface area contributed by atoms with Gasteiger partial charge in [0.15, 0.2) is 0 Å². The van der Waals surface area contributed by atoms with E-state index in [2.05, 4.69) is 20.9 Å². The molecule has 1 aromatic heterocycles. The second kappa shape index (κ2) is 4.55. The van der Waals surface area contributed by atoms with Crippen molar-refractivity contribution in [2.75, 3.05) is 0 Å². The first-order valence-corrected chi connectivity index (χ1v) is 5.16. The number of halogens is 1. The topological polar surface area (TPSA) is 50.2 Å². The monoisotopic (exact) mass is 257 g/mol. The minimum Gasteiger partial charge on any atom is -0.481 e. The second-order valence-corrected chi connectivity index (χ2v) is 4.14. The summed E-state index contributed by atoms with van der Waals surface area (Å²) in [6.07, 6.45) is 1.70. The quantitative estimate of drug-likeness (QED) is 0.848. The van der Waals surface area contributed by atoms with Crippen LogP contribution in [0, 0.1) is 5.92 Å². The van der Waals surface area contributed by atoms with Gasteiger partial charge in [-0.25, -0.2) is 4.98 Å². The Morgan fingerprint density at radius 1 is 1.50 bits per heavy atom. The Hall–Kier alpha value is -0.900. The Morgan fingerprint density at radius 2 is 2.14 bits per heavy atom. The van der Waals surface area contributed by atoms with Crippen LogP contribution in [0.1, 0.15) is 25.3 Å². The van der Waals surface area contributed by atoms with Crippen molar-refractivity contribution in [2.45, 2.75) is 19.8 Å². The Bertz CT molecular complexity index is 323. The van der Waals surface area contributed by atoms with Gasteiger partial charge in [-0.1, -0.05) is 19.9 Å². The molecule has 0 aliphatic heterocycles. The van der Waals surface area contributed by atoms with Crippen molar-refractivity contribution in [3.8, 4) is 0 Å². The fourth-order valence-electron chi connectivity index (χ4n) is 1.16. The zero-order valence-corrected chi connectivity index (χ0v) is 9.65. The molecule has 0 aliphatic carbocycles. The molecule has 0 saturated carbocycles. The van der Waals surface area contributed by atoms with Crippen LogP contribution in [0.25, 0.3) is 0 Å². The molecule has 1 rings (SSSR count). The van der Waals surface area contributed by atoms with Gasteiger partial charge in [-0.05, 0) is 33.5 Å². The van der Waals surface area contributed by atoms with E-state index in [0.29, 0.717) is 0 Å². The summed E-state index contributed by atoms with van der Waals surface area (Å²) in [5.41, 5.74) is 0.947. The SMILES string of the molecule is CC(C(=O)O)C(C)c1ccc(Br)nc1. The average Bonchev–Trinajstić information content (AvgIpc) is 2.16. The van der Waals surface area contributed by atoms with Crippen LogP contribution in [0.2, 0.25) is 0 Å².